The fourth-order valence-electron chi connectivity index (χ4n) is 4.32. The Hall–Kier alpha value is -2.49. The molecule has 0 saturated carbocycles. The lowest BCUT2D eigenvalue weighted by molar-refractivity contribution is -0.310. The molecule has 2 bridgehead atoms. The summed E-state index contributed by atoms with van der Waals surface area (Å²) in [5.74, 6) is -3.12. The van der Waals surface area contributed by atoms with Crippen LogP contribution in [0.3, 0.4) is 0 Å². The van der Waals surface area contributed by atoms with Crippen LogP contribution in [0.2, 0.25) is 0 Å². The van der Waals surface area contributed by atoms with Crippen LogP contribution in [-0.4, -0.2) is 59.8 Å². The third-order valence-corrected chi connectivity index (χ3v) is 6.30. The van der Waals surface area contributed by atoms with E-state index in [0.717, 1.165) is 0 Å². The molecule has 4 unspecified atom stereocenters. The highest BCUT2D eigenvalue weighted by molar-refractivity contribution is 5.96. The molecule has 32 heavy (non-hydrogen) atoms. The van der Waals surface area contributed by atoms with E-state index in [2.05, 4.69) is 0 Å². The molecule has 9 heteroatoms. The minimum absolute atomic E-state index is 0.0472. The van der Waals surface area contributed by atoms with Crippen LogP contribution < -0.4 is 0 Å². The maximum absolute atomic E-state index is 12.7. The smallest absolute Gasteiger partial charge is 0.343 e. The largest absolute Gasteiger partial charge is 0.461 e. The second-order valence-electron chi connectivity index (χ2n) is 8.79. The van der Waals surface area contributed by atoms with Gasteiger partial charge in [0.05, 0.1) is 11.2 Å². The van der Waals surface area contributed by atoms with E-state index in [1.807, 2.05) is 0 Å². The normalized spacial score (nSPS) is 34.7. The number of esters is 3. The van der Waals surface area contributed by atoms with Gasteiger partial charge in [0.1, 0.15) is 24.1 Å². The van der Waals surface area contributed by atoms with E-state index in [0.29, 0.717) is 18.4 Å². The van der Waals surface area contributed by atoms with Gasteiger partial charge in [-0.1, -0.05) is 6.08 Å². The Morgan fingerprint density at radius 2 is 1.97 bits per heavy atom. The molecule has 3 heterocycles. The lowest BCUT2D eigenvalue weighted by atomic mass is 9.82. The van der Waals surface area contributed by atoms with E-state index < -0.39 is 41.0 Å². The SMILES string of the molecule is CC=C(C)C(=O)OC1CC(C)(O)C2(OC)CCC(C)(C=C3OC(=O)C(COC(C)=O)=C31)O2. The van der Waals surface area contributed by atoms with Gasteiger partial charge in [0.25, 0.3) is 0 Å². The summed E-state index contributed by atoms with van der Waals surface area (Å²) >= 11 is 0. The molecule has 0 aliphatic carbocycles. The van der Waals surface area contributed by atoms with E-state index in [1.165, 1.54) is 14.0 Å². The van der Waals surface area contributed by atoms with Gasteiger partial charge in [-0.05, 0) is 40.2 Å². The standard InChI is InChI=1S/C23H30O9/c1-7-13(2)19(25)30-17-11-22(5,27)23(28-6)9-8-21(4,32-23)10-16-18(17)15(20(26)31-16)12-29-14(3)24/h7,10,17,27H,8-9,11-12H2,1-6H3. The van der Waals surface area contributed by atoms with Gasteiger partial charge in [-0.3, -0.25) is 4.79 Å². The number of rotatable bonds is 5. The second-order valence-corrected chi connectivity index (χ2v) is 8.79. The Morgan fingerprint density at radius 3 is 2.56 bits per heavy atom. The van der Waals surface area contributed by atoms with Crippen molar-refractivity contribution < 1.29 is 43.2 Å². The van der Waals surface area contributed by atoms with Gasteiger partial charge in [-0.25, -0.2) is 9.59 Å². The molecule has 0 aromatic carbocycles. The first kappa shape index (κ1) is 24.2. The summed E-state index contributed by atoms with van der Waals surface area (Å²) in [6, 6.07) is 0. The molecule has 0 spiro atoms. The molecule has 3 aliphatic heterocycles. The third-order valence-electron chi connectivity index (χ3n) is 6.30. The van der Waals surface area contributed by atoms with Crippen LogP contribution in [0.15, 0.2) is 34.6 Å². The minimum Gasteiger partial charge on any atom is -0.461 e. The summed E-state index contributed by atoms with van der Waals surface area (Å²) in [5, 5.41) is 11.5. The topological polar surface area (TPSA) is 118 Å². The van der Waals surface area contributed by atoms with Crippen molar-refractivity contribution in [2.24, 2.45) is 0 Å². The molecule has 1 N–H and O–H groups in total. The highest BCUT2D eigenvalue weighted by Crippen LogP contribution is 2.50. The summed E-state index contributed by atoms with van der Waals surface area (Å²) < 4.78 is 28.2. The van der Waals surface area contributed by atoms with Crippen LogP contribution in [0, 0.1) is 0 Å². The van der Waals surface area contributed by atoms with Crippen molar-refractivity contribution in [2.45, 2.75) is 77.0 Å². The van der Waals surface area contributed by atoms with Crippen LogP contribution in [-0.2, 0) is 38.1 Å². The average Bonchev–Trinajstić information content (AvgIpc) is 3.22. The zero-order valence-corrected chi connectivity index (χ0v) is 19.3. The molecular weight excluding hydrogens is 420 g/mol. The van der Waals surface area contributed by atoms with Crippen LogP contribution in [0.4, 0.5) is 0 Å². The van der Waals surface area contributed by atoms with Gasteiger partial charge < -0.3 is 28.8 Å². The average molecular weight is 450 g/mol. The van der Waals surface area contributed by atoms with E-state index in [4.69, 9.17) is 23.7 Å². The lowest BCUT2D eigenvalue weighted by Crippen LogP contribution is -2.56. The number of hydrogen-bond acceptors (Lipinski definition) is 9. The van der Waals surface area contributed by atoms with Gasteiger partial charge in [0.2, 0.25) is 0 Å². The van der Waals surface area contributed by atoms with E-state index >= 15 is 0 Å². The third kappa shape index (κ3) is 4.24. The molecule has 4 atom stereocenters. The number of ether oxygens (including phenoxy) is 5. The summed E-state index contributed by atoms with van der Waals surface area (Å²) in [6.45, 7) is 7.50. The molecule has 0 amide bonds. The first-order valence-electron chi connectivity index (χ1n) is 10.5. The monoisotopic (exact) mass is 450 g/mol. The highest BCUT2D eigenvalue weighted by Gasteiger charge is 2.60. The van der Waals surface area contributed by atoms with Crippen LogP contribution >= 0.6 is 0 Å². The Bertz CT molecular complexity index is 926. The van der Waals surface area contributed by atoms with Crippen molar-refractivity contribution in [1.82, 2.24) is 0 Å². The molecule has 176 valence electrons. The molecule has 0 aromatic heterocycles. The van der Waals surface area contributed by atoms with Gasteiger partial charge in [-0.15, -0.1) is 0 Å². The number of carbonyl (C=O) groups is 3. The molecule has 3 aliphatic rings. The van der Waals surface area contributed by atoms with Crippen molar-refractivity contribution in [2.75, 3.05) is 13.7 Å². The van der Waals surface area contributed by atoms with E-state index in [9.17, 15) is 19.5 Å². The minimum atomic E-state index is -1.61. The molecular formula is C23H30O9. The molecule has 9 nitrogen and oxygen atoms in total. The molecule has 1 saturated heterocycles. The lowest BCUT2D eigenvalue weighted by Gasteiger charge is -2.42. The van der Waals surface area contributed by atoms with E-state index in [-0.39, 0.29) is 29.9 Å². The number of aliphatic hydroxyl groups is 1. The first-order chi connectivity index (χ1) is 14.9. The Kier molecular flexibility index (Phi) is 6.38. The summed E-state index contributed by atoms with van der Waals surface area (Å²) in [5.41, 5.74) is -1.88. The van der Waals surface area contributed by atoms with Crippen molar-refractivity contribution in [3.63, 3.8) is 0 Å². The number of hydrogen-bond donors (Lipinski definition) is 1. The maximum atomic E-state index is 12.7. The fourth-order valence-corrected chi connectivity index (χ4v) is 4.32. The zero-order chi connectivity index (χ0) is 23.9. The number of carbonyl (C=O) groups excluding carboxylic acids is 3. The van der Waals surface area contributed by atoms with Crippen molar-refractivity contribution in [3.8, 4) is 0 Å². The van der Waals surface area contributed by atoms with Crippen molar-refractivity contribution in [3.05, 3.63) is 34.6 Å². The van der Waals surface area contributed by atoms with Crippen LogP contribution in [0.25, 0.3) is 0 Å². The number of allylic oxidation sites excluding steroid dienone is 1. The maximum Gasteiger partial charge on any atom is 0.343 e. The quantitative estimate of drug-likeness (QED) is 0.382. The van der Waals surface area contributed by atoms with Crippen molar-refractivity contribution in [1.29, 1.82) is 0 Å². The summed E-state index contributed by atoms with van der Waals surface area (Å²) in [4.78, 5) is 36.7. The zero-order valence-electron chi connectivity index (χ0n) is 19.3. The highest BCUT2D eigenvalue weighted by atomic mass is 16.7. The summed E-state index contributed by atoms with van der Waals surface area (Å²) in [7, 11) is 1.45. The molecule has 1 fully saturated rings. The van der Waals surface area contributed by atoms with Crippen molar-refractivity contribution >= 4 is 17.9 Å². The predicted molar refractivity (Wildman–Crippen MR) is 111 cm³/mol. The van der Waals surface area contributed by atoms with Gasteiger partial charge in [0.15, 0.2) is 5.79 Å². The predicted octanol–water partition coefficient (Wildman–Crippen LogP) is 2.23. The molecule has 0 aromatic rings. The Labute approximate surface area is 187 Å². The Balaban J connectivity index is 2.19. The van der Waals surface area contributed by atoms with Gasteiger partial charge in [-0.2, -0.15) is 0 Å². The van der Waals surface area contributed by atoms with Crippen LogP contribution in [0.5, 0.6) is 0 Å². The Morgan fingerprint density at radius 1 is 1.28 bits per heavy atom. The van der Waals surface area contributed by atoms with Gasteiger partial charge >= 0.3 is 17.9 Å². The number of methoxy groups -OCH3 is 1. The fraction of sp³-hybridized carbons (Fsp3) is 0.609. The summed E-state index contributed by atoms with van der Waals surface area (Å²) in [6.07, 6.45) is 2.86. The second kappa shape index (κ2) is 8.46. The van der Waals surface area contributed by atoms with E-state index in [1.54, 1.807) is 39.8 Å². The van der Waals surface area contributed by atoms with Gasteiger partial charge in [0, 0.05) is 38.0 Å². The molecule has 3 rings (SSSR count). The molecule has 0 radical (unpaired) electrons. The number of fused-ring (bicyclic) bond motifs is 3. The first-order valence-corrected chi connectivity index (χ1v) is 10.5. The van der Waals surface area contributed by atoms with Crippen LogP contribution in [0.1, 0.15) is 53.9 Å².